The van der Waals surface area contributed by atoms with E-state index >= 15 is 0 Å². The molecule has 3 amide bonds. The van der Waals surface area contributed by atoms with E-state index in [1.54, 1.807) is 15.9 Å². The number of benzene rings is 2. The molecule has 1 fully saturated rings. The molecule has 1 atom stereocenters. The quantitative estimate of drug-likeness (QED) is 0.865. The highest BCUT2D eigenvalue weighted by Crippen LogP contribution is 2.34. The summed E-state index contributed by atoms with van der Waals surface area (Å²) in [6.07, 6.45) is 1.31. The molecule has 2 aliphatic heterocycles. The average molecular weight is 395 g/mol. The fourth-order valence-electron chi connectivity index (χ4n) is 3.95. The Morgan fingerprint density at radius 2 is 2.03 bits per heavy atom. The molecule has 1 N–H and O–H groups in total. The molecular weight excluding hydrogens is 373 g/mol. The van der Waals surface area contributed by atoms with E-state index in [0.29, 0.717) is 18.7 Å². The van der Waals surface area contributed by atoms with Crippen LogP contribution in [-0.2, 0) is 20.8 Å². The second-order valence-corrected chi connectivity index (χ2v) is 7.37. The maximum atomic E-state index is 13.3. The van der Waals surface area contributed by atoms with Crippen molar-refractivity contribution in [3.05, 3.63) is 53.8 Å². The molecule has 0 bridgehead atoms. The standard InChI is InChI=1S/C22H22FN3O3/c1-2-20(27)25-9-8-14-10-18(6-7-19(14)25)26-13-15(11-21(26)28)22(29)24-17-5-3-4-16(23)12-17/h3-7,10,12,15H,2,8-9,11,13H2,1H3,(H,24,29). The zero-order valence-electron chi connectivity index (χ0n) is 16.2. The minimum absolute atomic E-state index is 0.0860. The Balaban J connectivity index is 1.47. The van der Waals surface area contributed by atoms with Crippen molar-refractivity contribution in [1.29, 1.82) is 0 Å². The van der Waals surface area contributed by atoms with Crippen molar-refractivity contribution in [3.63, 3.8) is 0 Å². The van der Waals surface area contributed by atoms with E-state index in [2.05, 4.69) is 5.32 Å². The first-order chi connectivity index (χ1) is 14.0. The molecule has 0 radical (unpaired) electrons. The third-order valence-electron chi connectivity index (χ3n) is 5.46. The Kier molecular flexibility index (Phi) is 5.05. The van der Waals surface area contributed by atoms with Crippen LogP contribution in [0.5, 0.6) is 0 Å². The topological polar surface area (TPSA) is 69.7 Å². The third-order valence-corrected chi connectivity index (χ3v) is 5.46. The molecule has 29 heavy (non-hydrogen) atoms. The summed E-state index contributed by atoms with van der Waals surface area (Å²) in [5.74, 6) is -1.27. The smallest absolute Gasteiger partial charge is 0.229 e. The number of hydrogen-bond donors (Lipinski definition) is 1. The first-order valence-corrected chi connectivity index (χ1v) is 9.76. The van der Waals surface area contributed by atoms with Gasteiger partial charge in [0.2, 0.25) is 17.7 Å². The zero-order valence-corrected chi connectivity index (χ0v) is 16.2. The minimum atomic E-state index is -0.503. The Hall–Kier alpha value is -3.22. The van der Waals surface area contributed by atoms with Gasteiger partial charge in [0.15, 0.2) is 0 Å². The first kappa shape index (κ1) is 19.1. The second kappa shape index (κ2) is 7.66. The van der Waals surface area contributed by atoms with Crippen LogP contribution in [0.15, 0.2) is 42.5 Å². The number of carbonyl (C=O) groups is 3. The Morgan fingerprint density at radius 1 is 1.21 bits per heavy atom. The molecule has 0 aromatic heterocycles. The first-order valence-electron chi connectivity index (χ1n) is 9.76. The van der Waals surface area contributed by atoms with Crippen LogP contribution < -0.4 is 15.1 Å². The van der Waals surface area contributed by atoms with Crippen molar-refractivity contribution in [2.45, 2.75) is 26.2 Å². The number of anilines is 3. The predicted octanol–water partition coefficient (Wildman–Crippen LogP) is 3.12. The van der Waals surface area contributed by atoms with E-state index < -0.39 is 11.7 Å². The lowest BCUT2D eigenvalue weighted by Crippen LogP contribution is -2.28. The summed E-state index contributed by atoms with van der Waals surface area (Å²) in [5.41, 5.74) is 3.04. The molecule has 2 aromatic rings. The summed E-state index contributed by atoms with van der Waals surface area (Å²) in [5, 5.41) is 2.68. The third kappa shape index (κ3) is 3.72. The molecule has 4 rings (SSSR count). The van der Waals surface area contributed by atoms with Gasteiger partial charge in [0.25, 0.3) is 0 Å². The monoisotopic (exact) mass is 395 g/mol. The molecule has 2 aliphatic rings. The Morgan fingerprint density at radius 3 is 2.79 bits per heavy atom. The lowest BCUT2D eigenvalue weighted by molar-refractivity contribution is -0.122. The molecule has 6 nitrogen and oxygen atoms in total. The second-order valence-electron chi connectivity index (χ2n) is 7.37. The molecule has 2 aromatic carbocycles. The van der Waals surface area contributed by atoms with Gasteiger partial charge in [-0.15, -0.1) is 0 Å². The lowest BCUT2D eigenvalue weighted by atomic mass is 10.1. The van der Waals surface area contributed by atoms with Gasteiger partial charge in [-0.2, -0.15) is 0 Å². The van der Waals surface area contributed by atoms with E-state index in [0.717, 1.165) is 23.4 Å². The van der Waals surface area contributed by atoms with E-state index in [1.165, 1.54) is 18.2 Å². The summed E-state index contributed by atoms with van der Waals surface area (Å²) >= 11 is 0. The van der Waals surface area contributed by atoms with Crippen molar-refractivity contribution in [2.75, 3.05) is 28.2 Å². The molecule has 7 heteroatoms. The van der Waals surface area contributed by atoms with Crippen LogP contribution >= 0.6 is 0 Å². The van der Waals surface area contributed by atoms with Crippen LogP contribution in [0.4, 0.5) is 21.5 Å². The van der Waals surface area contributed by atoms with Gasteiger partial charge < -0.3 is 15.1 Å². The van der Waals surface area contributed by atoms with Gasteiger partial charge in [-0.3, -0.25) is 14.4 Å². The highest BCUT2D eigenvalue weighted by atomic mass is 19.1. The summed E-state index contributed by atoms with van der Waals surface area (Å²) in [4.78, 5) is 40.5. The van der Waals surface area contributed by atoms with Gasteiger partial charge in [-0.05, 0) is 48.4 Å². The van der Waals surface area contributed by atoms with Gasteiger partial charge >= 0.3 is 0 Å². The number of carbonyl (C=O) groups excluding carboxylic acids is 3. The van der Waals surface area contributed by atoms with Crippen molar-refractivity contribution in [3.8, 4) is 0 Å². The average Bonchev–Trinajstić information content (AvgIpc) is 3.30. The SMILES string of the molecule is CCC(=O)N1CCc2cc(N3CC(C(=O)Nc4cccc(F)c4)CC3=O)ccc21. The summed E-state index contributed by atoms with van der Waals surface area (Å²) < 4.78 is 13.3. The van der Waals surface area contributed by atoms with Gasteiger partial charge in [0.1, 0.15) is 5.82 Å². The molecule has 1 unspecified atom stereocenters. The maximum Gasteiger partial charge on any atom is 0.229 e. The van der Waals surface area contributed by atoms with Gasteiger partial charge in [-0.1, -0.05) is 13.0 Å². The molecular formula is C22H22FN3O3. The van der Waals surface area contributed by atoms with Crippen molar-refractivity contribution in [1.82, 2.24) is 0 Å². The largest absolute Gasteiger partial charge is 0.326 e. The van der Waals surface area contributed by atoms with Gasteiger partial charge in [-0.25, -0.2) is 4.39 Å². The van der Waals surface area contributed by atoms with Crippen molar-refractivity contribution < 1.29 is 18.8 Å². The van der Waals surface area contributed by atoms with E-state index in [-0.39, 0.29) is 30.7 Å². The summed E-state index contributed by atoms with van der Waals surface area (Å²) in [7, 11) is 0. The van der Waals surface area contributed by atoms with Gasteiger partial charge in [0.05, 0.1) is 5.92 Å². The van der Waals surface area contributed by atoms with E-state index in [4.69, 9.17) is 0 Å². The molecule has 0 aliphatic carbocycles. The Bertz CT molecular complexity index is 991. The van der Waals surface area contributed by atoms with Crippen LogP contribution in [0.3, 0.4) is 0 Å². The van der Waals surface area contributed by atoms with E-state index in [1.807, 2.05) is 25.1 Å². The van der Waals surface area contributed by atoms with Gasteiger partial charge in [0, 0.05) is 43.0 Å². The fraction of sp³-hybridized carbons (Fsp3) is 0.318. The number of halogens is 1. The van der Waals surface area contributed by atoms with Crippen molar-refractivity contribution >= 4 is 34.8 Å². The van der Waals surface area contributed by atoms with Crippen LogP contribution in [0.25, 0.3) is 0 Å². The van der Waals surface area contributed by atoms with Crippen LogP contribution in [0.2, 0.25) is 0 Å². The van der Waals surface area contributed by atoms with E-state index in [9.17, 15) is 18.8 Å². The number of hydrogen-bond acceptors (Lipinski definition) is 3. The Labute approximate surface area is 168 Å². The molecule has 1 saturated heterocycles. The highest BCUT2D eigenvalue weighted by molar-refractivity contribution is 6.04. The number of amides is 3. The minimum Gasteiger partial charge on any atom is -0.326 e. The normalized spacial score (nSPS) is 18.1. The maximum absolute atomic E-state index is 13.3. The lowest BCUT2D eigenvalue weighted by Gasteiger charge is -2.20. The highest BCUT2D eigenvalue weighted by Gasteiger charge is 2.36. The number of rotatable bonds is 4. The van der Waals surface area contributed by atoms with Crippen LogP contribution in [0.1, 0.15) is 25.3 Å². The van der Waals surface area contributed by atoms with Crippen LogP contribution in [0, 0.1) is 11.7 Å². The van der Waals surface area contributed by atoms with Crippen LogP contribution in [-0.4, -0.2) is 30.8 Å². The zero-order chi connectivity index (χ0) is 20.5. The fourth-order valence-corrected chi connectivity index (χ4v) is 3.95. The molecule has 2 heterocycles. The van der Waals surface area contributed by atoms with Crippen molar-refractivity contribution in [2.24, 2.45) is 5.92 Å². The number of fused-ring (bicyclic) bond motifs is 1. The molecule has 0 saturated carbocycles. The number of nitrogens with zero attached hydrogens (tertiary/aromatic N) is 2. The predicted molar refractivity (Wildman–Crippen MR) is 108 cm³/mol. The number of nitrogens with one attached hydrogen (secondary N) is 1. The summed E-state index contributed by atoms with van der Waals surface area (Å²) in [6.45, 7) is 2.76. The molecule has 150 valence electrons. The molecule has 0 spiro atoms. The summed E-state index contributed by atoms with van der Waals surface area (Å²) in [6, 6.07) is 11.3.